The molecule has 5 aromatic rings. The first kappa shape index (κ1) is 22.2. The quantitative estimate of drug-likeness (QED) is 0.255. The topological polar surface area (TPSA) is 11.4 Å². The third-order valence-electron chi connectivity index (χ3n) is 8.25. The molecule has 0 saturated carbocycles. The van der Waals surface area contributed by atoms with Crippen molar-refractivity contribution in [1.82, 2.24) is 4.57 Å². The third kappa shape index (κ3) is 3.13. The van der Waals surface area contributed by atoms with Gasteiger partial charge in [0.15, 0.2) is 0 Å². The number of allylic oxidation sites excluding steroid dienone is 2. The van der Waals surface area contributed by atoms with E-state index in [0.29, 0.717) is 0 Å². The molecule has 2 heterocycles. The summed E-state index contributed by atoms with van der Waals surface area (Å²) in [5, 5.41) is 2.65. The minimum Gasteiger partial charge on any atom is -0.326 e. The molecule has 0 radical (unpaired) electrons. The fraction of sp³-hybridized carbons (Fsp3) is 0.235. The predicted octanol–water partition coefficient (Wildman–Crippen LogP) is 8.40. The van der Waals surface area contributed by atoms with Gasteiger partial charge in [0, 0.05) is 22.1 Å². The van der Waals surface area contributed by atoms with Gasteiger partial charge in [-0.25, -0.2) is 0 Å². The number of aromatic nitrogens is 1. The molecule has 3 nitrogen and oxygen atoms in total. The van der Waals surface area contributed by atoms with Crippen molar-refractivity contribution in [3.05, 3.63) is 118 Å². The van der Waals surface area contributed by atoms with Crippen LogP contribution in [0.5, 0.6) is 0 Å². The first-order valence-corrected chi connectivity index (χ1v) is 13.3. The molecule has 1 aromatic heterocycles. The van der Waals surface area contributed by atoms with Crippen LogP contribution in [0.15, 0.2) is 84.2 Å². The van der Waals surface area contributed by atoms with Crippen LogP contribution in [-0.2, 0) is 0 Å². The van der Waals surface area contributed by atoms with E-state index in [1.54, 1.807) is 0 Å². The Morgan fingerprint density at radius 3 is 1.32 bits per heavy atom. The second-order valence-electron chi connectivity index (χ2n) is 11.1. The summed E-state index contributed by atoms with van der Waals surface area (Å²) in [4.78, 5) is 5.18. The minimum atomic E-state index is 0.221. The second kappa shape index (κ2) is 7.76. The molecule has 37 heavy (non-hydrogen) atoms. The van der Waals surface area contributed by atoms with Gasteiger partial charge in [0.25, 0.3) is 0 Å². The zero-order valence-corrected chi connectivity index (χ0v) is 22.6. The van der Waals surface area contributed by atoms with Crippen molar-refractivity contribution >= 4 is 33.2 Å². The molecular weight excluding hydrogens is 450 g/mol. The average molecular weight is 484 g/mol. The van der Waals surface area contributed by atoms with E-state index < -0.39 is 0 Å². The van der Waals surface area contributed by atoms with Crippen molar-refractivity contribution < 1.29 is 0 Å². The maximum atomic E-state index is 2.59. The number of nitrogens with zero attached hydrogens (tertiary/aromatic N) is 3. The van der Waals surface area contributed by atoms with Gasteiger partial charge in [-0.2, -0.15) is 0 Å². The molecule has 184 valence electrons. The minimum absolute atomic E-state index is 0.221. The normalized spacial score (nSPS) is 15.4. The Labute approximate surface area is 219 Å². The molecule has 0 fully saturated rings. The number of para-hydroxylation sites is 2. The van der Waals surface area contributed by atoms with Crippen molar-refractivity contribution in [3.63, 3.8) is 0 Å². The number of hydrogen-bond donors (Lipinski definition) is 0. The zero-order chi connectivity index (χ0) is 25.6. The molecule has 4 aromatic carbocycles. The Morgan fingerprint density at radius 2 is 0.919 bits per heavy atom. The fourth-order valence-corrected chi connectivity index (χ4v) is 7.11. The first-order valence-electron chi connectivity index (χ1n) is 13.3. The molecule has 0 saturated heterocycles. The van der Waals surface area contributed by atoms with Crippen LogP contribution >= 0.6 is 0 Å². The summed E-state index contributed by atoms with van der Waals surface area (Å²) in [7, 11) is 0. The van der Waals surface area contributed by atoms with Crippen LogP contribution in [0.3, 0.4) is 0 Å². The van der Waals surface area contributed by atoms with Crippen molar-refractivity contribution in [2.75, 3.05) is 16.5 Å². The molecule has 0 N–H and O–H groups in total. The maximum Gasteiger partial charge on any atom is 0.118 e. The van der Waals surface area contributed by atoms with Crippen molar-refractivity contribution in [2.24, 2.45) is 0 Å². The van der Waals surface area contributed by atoms with Crippen LogP contribution in [-0.4, -0.2) is 11.2 Å². The summed E-state index contributed by atoms with van der Waals surface area (Å²) in [5.74, 6) is 0. The lowest BCUT2D eigenvalue weighted by atomic mass is 10.0. The van der Waals surface area contributed by atoms with Gasteiger partial charge in [0.05, 0.1) is 29.1 Å². The third-order valence-corrected chi connectivity index (χ3v) is 8.25. The first-order chi connectivity index (χ1) is 17.8. The van der Waals surface area contributed by atoms with E-state index in [1.807, 2.05) is 0 Å². The highest BCUT2D eigenvalue weighted by atomic mass is 15.5. The Bertz CT molecular complexity index is 1610. The van der Waals surface area contributed by atoms with E-state index in [2.05, 4.69) is 129 Å². The van der Waals surface area contributed by atoms with Gasteiger partial charge in [-0.15, -0.1) is 0 Å². The van der Waals surface area contributed by atoms with Gasteiger partial charge in [0.2, 0.25) is 0 Å². The summed E-state index contributed by atoms with van der Waals surface area (Å²) >= 11 is 0. The molecule has 7 rings (SSSR count). The maximum absolute atomic E-state index is 2.59. The van der Waals surface area contributed by atoms with E-state index >= 15 is 0 Å². The lowest BCUT2D eigenvalue weighted by Crippen LogP contribution is -2.35. The fourth-order valence-electron chi connectivity index (χ4n) is 7.11. The van der Waals surface area contributed by atoms with Crippen LogP contribution < -0.4 is 9.80 Å². The summed E-state index contributed by atoms with van der Waals surface area (Å²) < 4.78 is 2.58. The number of hydrogen-bond acceptors (Lipinski definition) is 2. The Hall–Kier alpha value is -3.98. The monoisotopic (exact) mass is 483 g/mol. The molecule has 0 atom stereocenters. The smallest absolute Gasteiger partial charge is 0.118 e. The Balaban J connectivity index is 1.45. The van der Waals surface area contributed by atoms with Crippen LogP contribution in [0, 0.1) is 41.5 Å². The second-order valence-corrected chi connectivity index (χ2v) is 11.1. The lowest BCUT2D eigenvalue weighted by molar-refractivity contribution is 0.718. The molecule has 0 bridgehead atoms. The van der Waals surface area contributed by atoms with E-state index in [9.17, 15) is 0 Å². The van der Waals surface area contributed by atoms with Crippen molar-refractivity contribution in [2.45, 2.75) is 47.6 Å². The van der Waals surface area contributed by atoms with E-state index in [4.69, 9.17) is 0 Å². The van der Waals surface area contributed by atoms with Gasteiger partial charge in [-0.3, -0.25) is 0 Å². The van der Waals surface area contributed by atoms with Crippen molar-refractivity contribution in [1.29, 1.82) is 0 Å². The van der Waals surface area contributed by atoms with Gasteiger partial charge >= 0.3 is 0 Å². The molecule has 2 aliphatic rings. The summed E-state index contributed by atoms with van der Waals surface area (Å²) in [6, 6.07) is 27.3. The van der Waals surface area contributed by atoms with Gasteiger partial charge in [-0.1, -0.05) is 71.8 Å². The largest absolute Gasteiger partial charge is 0.326 e. The molecule has 1 aliphatic carbocycles. The average Bonchev–Trinajstić information content (AvgIpc) is 3.30. The molecule has 3 heteroatoms. The predicted molar refractivity (Wildman–Crippen MR) is 157 cm³/mol. The summed E-state index contributed by atoms with van der Waals surface area (Å²) in [6.07, 6.45) is 0. The highest BCUT2D eigenvalue weighted by Crippen LogP contribution is 2.58. The van der Waals surface area contributed by atoms with Crippen LogP contribution in [0.2, 0.25) is 0 Å². The van der Waals surface area contributed by atoms with Gasteiger partial charge in [0.1, 0.15) is 6.04 Å². The lowest BCUT2D eigenvalue weighted by Gasteiger charge is -2.34. The van der Waals surface area contributed by atoms with Crippen LogP contribution in [0.25, 0.3) is 21.8 Å². The molecule has 0 amide bonds. The van der Waals surface area contributed by atoms with Crippen LogP contribution in [0.1, 0.15) is 39.4 Å². The molecule has 0 spiro atoms. The SMILES string of the molecule is Cc1cc(C)c(N2CN(c3c(C)cc(C)cc3C)C3=C2C3n2c3ccccc3c3ccccc32)c(C)c1. The number of aryl methyl sites for hydroxylation is 6. The number of fused-ring (bicyclic) bond motifs is 3. The number of anilines is 2. The number of benzene rings is 4. The standard InChI is InChI=1S/C34H33N3/c1-20-15-22(3)30(23(4)16-20)35-19-36(31-24(5)17-21(2)18-25(31)6)33-32(35)34(33)37-28-13-9-7-11-26(28)27-12-8-10-14-29(27)37/h7-18,34H,19H2,1-6H3. The van der Waals surface area contributed by atoms with Gasteiger partial charge in [-0.05, 0) is 75.9 Å². The molecular formula is C34H33N3. The summed E-state index contributed by atoms with van der Waals surface area (Å²) in [5.41, 5.74) is 16.2. The Morgan fingerprint density at radius 1 is 0.541 bits per heavy atom. The highest BCUT2D eigenvalue weighted by molar-refractivity contribution is 6.08. The van der Waals surface area contributed by atoms with E-state index in [0.717, 1.165) is 6.67 Å². The molecule has 1 aliphatic heterocycles. The van der Waals surface area contributed by atoms with Gasteiger partial charge < -0.3 is 14.4 Å². The van der Waals surface area contributed by atoms with E-state index in [1.165, 1.54) is 78.0 Å². The van der Waals surface area contributed by atoms with E-state index in [-0.39, 0.29) is 6.04 Å². The van der Waals surface area contributed by atoms with Crippen LogP contribution in [0.4, 0.5) is 11.4 Å². The molecule has 0 unspecified atom stereocenters. The zero-order valence-electron chi connectivity index (χ0n) is 22.6. The van der Waals surface area contributed by atoms with Crippen molar-refractivity contribution in [3.8, 4) is 0 Å². The highest BCUT2D eigenvalue weighted by Gasteiger charge is 2.53. The Kier molecular flexibility index (Phi) is 4.66. The number of rotatable bonds is 3. The summed E-state index contributed by atoms with van der Waals surface area (Å²) in [6.45, 7) is 14.3.